The summed E-state index contributed by atoms with van der Waals surface area (Å²) in [6.45, 7) is 0.191. The molecule has 0 aliphatic heterocycles. The lowest BCUT2D eigenvalue weighted by atomic mass is 10.2. The number of hydrogen-bond donors (Lipinski definition) is 1. The van der Waals surface area contributed by atoms with Crippen LogP contribution in [0.5, 0.6) is 5.75 Å². The fourth-order valence-corrected chi connectivity index (χ4v) is 3.35. The second-order valence-electron chi connectivity index (χ2n) is 3.85. The smallest absolute Gasteiger partial charge is 0.320 e. The summed E-state index contributed by atoms with van der Waals surface area (Å²) in [5, 5.41) is 0. The maximum Gasteiger partial charge on any atom is 0.320 e. The molecule has 1 N–H and O–H groups in total. The molecule has 0 radical (unpaired) electrons. The highest BCUT2D eigenvalue weighted by molar-refractivity contribution is 7.99. The van der Waals surface area contributed by atoms with E-state index in [-0.39, 0.29) is 12.5 Å². The number of nitrogens with one attached hydrogen (secondary N) is 1. The van der Waals surface area contributed by atoms with Crippen molar-refractivity contribution < 1.29 is 14.3 Å². The lowest BCUT2D eigenvalue weighted by Crippen LogP contribution is -2.17. The Bertz CT molecular complexity index is 566. The van der Waals surface area contributed by atoms with Gasteiger partial charge in [-0.1, -0.05) is 0 Å². The van der Waals surface area contributed by atoms with Gasteiger partial charge < -0.3 is 9.47 Å². The summed E-state index contributed by atoms with van der Waals surface area (Å²) in [7, 11) is 3.03. The van der Waals surface area contributed by atoms with Crippen molar-refractivity contribution in [1.29, 1.82) is 0 Å². The average Bonchev–Trinajstić information content (AvgIpc) is 2.96. The van der Waals surface area contributed by atoms with Crippen LogP contribution in [0, 0.1) is 0 Å². The minimum Gasteiger partial charge on any atom is -0.497 e. The van der Waals surface area contributed by atoms with Gasteiger partial charge in [-0.3, -0.25) is 4.79 Å². The van der Waals surface area contributed by atoms with Gasteiger partial charge in [-0.15, -0.1) is 11.3 Å². The molecule has 1 heterocycles. The zero-order chi connectivity index (χ0) is 14.4. The molecular weight excluding hydrogens is 294 g/mol. The number of benzene rings is 1. The quantitative estimate of drug-likeness (QED) is 0.656. The molecule has 0 saturated heterocycles. The van der Waals surface area contributed by atoms with Crippen LogP contribution in [-0.2, 0) is 9.53 Å². The van der Waals surface area contributed by atoms with E-state index in [4.69, 9.17) is 4.74 Å². The second kappa shape index (κ2) is 7.33. The molecule has 6 heteroatoms. The molecule has 20 heavy (non-hydrogen) atoms. The molecule has 2 rings (SSSR count). The fraction of sp³-hybridized carbons (Fsp3) is 0.214. The number of hydrogen-bond acceptors (Lipinski definition) is 6. The van der Waals surface area contributed by atoms with Crippen LogP contribution in [0.25, 0.3) is 10.4 Å². The van der Waals surface area contributed by atoms with Crippen LogP contribution in [0.4, 0.5) is 0 Å². The molecule has 0 bridgehead atoms. The molecule has 1 aromatic carbocycles. The third-order valence-electron chi connectivity index (χ3n) is 2.57. The second-order valence-corrected chi connectivity index (χ2v) is 6.12. The standard InChI is InChI=1S/C14H15NO3S2/c1-17-11-5-3-10(4-6-11)12-7-8-14(19-12)20-15-9-13(16)18-2/h3-8,15H,9H2,1-2H3. The highest BCUT2D eigenvalue weighted by Crippen LogP contribution is 2.33. The summed E-state index contributed by atoms with van der Waals surface area (Å²) in [6, 6.07) is 12.0. The number of ether oxygens (including phenoxy) is 2. The van der Waals surface area contributed by atoms with Crippen LogP contribution in [-0.4, -0.2) is 26.7 Å². The van der Waals surface area contributed by atoms with Crippen molar-refractivity contribution >= 4 is 29.3 Å². The maximum absolute atomic E-state index is 11.0. The summed E-state index contributed by atoms with van der Waals surface area (Å²) in [6.07, 6.45) is 0. The molecule has 4 nitrogen and oxygen atoms in total. The van der Waals surface area contributed by atoms with Gasteiger partial charge in [0.05, 0.1) is 18.4 Å². The Kier molecular flexibility index (Phi) is 5.46. The number of carbonyl (C=O) groups excluding carboxylic acids is 1. The number of esters is 1. The highest BCUT2D eigenvalue weighted by atomic mass is 32.2. The monoisotopic (exact) mass is 309 g/mol. The minimum absolute atomic E-state index is 0.191. The van der Waals surface area contributed by atoms with Crippen molar-refractivity contribution in [1.82, 2.24) is 4.72 Å². The van der Waals surface area contributed by atoms with E-state index >= 15 is 0 Å². The fourth-order valence-electron chi connectivity index (χ4n) is 1.52. The molecule has 0 unspecified atom stereocenters. The average molecular weight is 309 g/mol. The predicted octanol–water partition coefficient (Wildman–Crippen LogP) is 3.19. The molecule has 0 spiro atoms. The van der Waals surface area contributed by atoms with E-state index in [0.717, 1.165) is 15.5 Å². The number of thiophene rings is 1. The molecule has 0 saturated carbocycles. The van der Waals surface area contributed by atoms with Gasteiger partial charge in [0, 0.05) is 4.88 Å². The third-order valence-corrected chi connectivity index (χ3v) is 4.63. The van der Waals surface area contributed by atoms with Crippen LogP contribution in [0.3, 0.4) is 0 Å². The molecule has 0 fully saturated rings. The summed E-state index contributed by atoms with van der Waals surface area (Å²) in [5.74, 6) is 0.573. The van der Waals surface area contributed by atoms with Crippen molar-refractivity contribution in [3.63, 3.8) is 0 Å². The molecule has 0 aliphatic rings. The molecule has 0 atom stereocenters. The zero-order valence-electron chi connectivity index (χ0n) is 11.2. The van der Waals surface area contributed by atoms with Gasteiger partial charge in [0.2, 0.25) is 0 Å². The van der Waals surface area contributed by atoms with E-state index in [2.05, 4.69) is 15.5 Å². The molecular formula is C14H15NO3S2. The van der Waals surface area contributed by atoms with E-state index in [9.17, 15) is 4.79 Å². The van der Waals surface area contributed by atoms with Gasteiger partial charge in [0.25, 0.3) is 0 Å². The largest absolute Gasteiger partial charge is 0.497 e. The first-order valence-electron chi connectivity index (χ1n) is 5.93. The third kappa shape index (κ3) is 4.00. The van der Waals surface area contributed by atoms with Gasteiger partial charge in [-0.25, -0.2) is 4.72 Å². The van der Waals surface area contributed by atoms with E-state index < -0.39 is 0 Å². The van der Waals surface area contributed by atoms with Crippen molar-refractivity contribution in [3.05, 3.63) is 36.4 Å². The van der Waals surface area contributed by atoms with Crippen molar-refractivity contribution in [2.24, 2.45) is 0 Å². The number of methoxy groups -OCH3 is 2. The van der Waals surface area contributed by atoms with Crippen molar-refractivity contribution in [2.75, 3.05) is 20.8 Å². The van der Waals surface area contributed by atoms with E-state index in [1.165, 1.54) is 23.9 Å². The first-order valence-corrected chi connectivity index (χ1v) is 7.57. The van der Waals surface area contributed by atoms with Gasteiger partial charge >= 0.3 is 5.97 Å². The Hall–Kier alpha value is -1.50. The van der Waals surface area contributed by atoms with Crippen LogP contribution in [0.2, 0.25) is 0 Å². The zero-order valence-corrected chi connectivity index (χ0v) is 12.8. The minimum atomic E-state index is -0.274. The molecule has 106 valence electrons. The first-order chi connectivity index (χ1) is 9.72. The highest BCUT2D eigenvalue weighted by Gasteiger charge is 2.05. The lowest BCUT2D eigenvalue weighted by molar-refractivity contribution is -0.139. The van der Waals surface area contributed by atoms with E-state index in [1.807, 2.05) is 30.3 Å². The van der Waals surface area contributed by atoms with Crippen LogP contribution < -0.4 is 9.46 Å². The Labute approximate surface area is 126 Å². The van der Waals surface area contributed by atoms with Gasteiger partial charge in [0.1, 0.15) is 12.3 Å². The molecule has 0 amide bonds. The van der Waals surface area contributed by atoms with E-state index in [0.29, 0.717) is 0 Å². The SMILES string of the molecule is COC(=O)CNSc1ccc(-c2ccc(OC)cc2)s1. The Morgan fingerprint density at radius 1 is 1.20 bits per heavy atom. The van der Waals surface area contributed by atoms with E-state index in [1.54, 1.807) is 18.4 Å². The topological polar surface area (TPSA) is 47.6 Å². The summed E-state index contributed by atoms with van der Waals surface area (Å²) >= 11 is 3.10. The molecule has 1 aromatic heterocycles. The first kappa shape index (κ1) is 14.9. The molecule has 0 aliphatic carbocycles. The lowest BCUT2D eigenvalue weighted by Gasteiger charge is -2.01. The predicted molar refractivity (Wildman–Crippen MR) is 82.2 cm³/mol. The number of rotatable bonds is 6. The Morgan fingerprint density at radius 3 is 2.60 bits per heavy atom. The van der Waals surface area contributed by atoms with Crippen LogP contribution in [0.15, 0.2) is 40.6 Å². The number of carbonyl (C=O) groups is 1. The normalized spacial score (nSPS) is 10.3. The maximum atomic E-state index is 11.0. The summed E-state index contributed by atoms with van der Waals surface area (Å²) in [4.78, 5) is 12.2. The summed E-state index contributed by atoms with van der Waals surface area (Å²) in [5.41, 5.74) is 1.15. The summed E-state index contributed by atoms with van der Waals surface area (Å²) < 4.78 is 13.8. The van der Waals surface area contributed by atoms with Crippen molar-refractivity contribution in [2.45, 2.75) is 4.21 Å². The van der Waals surface area contributed by atoms with Gasteiger partial charge in [-0.2, -0.15) is 0 Å². The van der Waals surface area contributed by atoms with Gasteiger partial charge in [0.15, 0.2) is 0 Å². The Balaban J connectivity index is 1.95. The van der Waals surface area contributed by atoms with Crippen LogP contribution >= 0.6 is 23.3 Å². The van der Waals surface area contributed by atoms with Gasteiger partial charge in [-0.05, 0) is 53.9 Å². The Morgan fingerprint density at radius 2 is 1.95 bits per heavy atom. The molecule has 2 aromatic rings. The van der Waals surface area contributed by atoms with Crippen LogP contribution in [0.1, 0.15) is 0 Å². The van der Waals surface area contributed by atoms with Crippen molar-refractivity contribution in [3.8, 4) is 16.2 Å².